The normalized spacial score (nSPS) is 11.9. The molecule has 2 heterocycles. The third-order valence-electron chi connectivity index (χ3n) is 8.48. The van der Waals surface area contributed by atoms with Gasteiger partial charge in [-0.1, -0.05) is 87.8 Å². The first kappa shape index (κ1) is 28.1. The largest absolute Gasteiger partial charge is 0.340 e. The summed E-state index contributed by atoms with van der Waals surface area (Å²) in [4.78, 5) is 0. The number of aromatic nitrogens is 2. The lowest BCUT2D eigenvalue weighted by Gasteiger charge is -2.08. The van der Waals surface area contributed by atoms with Crippen LogP contribution in [0.15, 0.2) is 84.9 Å². The van der Waals surface area contributed by atoms with Crippen molar-refractivity contribution in [3.63, 3.8) is 0 Å². The highest BCUT2D eigenvalue weighted by Gasteiger charge is 2.11. The number of unbranched alkanes of at least 4 members (excludes halogenated alkanes) is 9. The number of fused-ring (bicyclic) bond motifs is 6. The molecule has 6 aromatic rings. The molecule has 0 atom stereocenters. The van der Waals surface area contributed by atoms with Crippen molar-refractivity contribution in [1.29, 1.82) is 0 Å². The molecule has 4 heteroatoms. The van der Waals surface area contributed by atoms with Crippen LogP contribution in [0.5, 0.6) is 0 Å². The monoisotopic (exact) mass is 752 g/mol. The van der Waals surface area contributed by atoms with Crippen molar-refractivity contribution < 1.29 is 0 Å². The average molecular weight is 753 g/mol. The van der Waals surface area contributed by atoms with Crippen LogP contribution in [0, 0.1) is 7.14 Å². The van der Waals surface area contributed by atoms with E-state index in [4.69, 9.17) is 0 Å². The molecule has 0 fully saturated rings. The summed E-state index contributed by atoms with van der Waals surface area (Å²) in [5.41, 5.74) is 5.53. The molecule has 0 amide bonds. The van der Waals surface area contributed by atoms with E-state index in [2.05, 4.69) is 139 Å². The number of rotatable bonds is 13. The molecule has 40 heavy (non-hydrogen) atoms. The molecular weight excluding hydrogens is 714 g/mol. The Kier molecular flexibility index (Phi) is 9.32. The fourth-order valence-electron chi connectivity index (χ4n) is 6.49. The second-order valence-corrected chi connectivity index (χ2v) is 13.7. The molecule has 0 saturated carbocycles. The van der Waals surface area contributed by atoms with Crippen LogP contribution in [0.4, 0.5) is 0 Å². The molecule has 0 bridgehead atoms. The average Bonchev–Trinajstić information content (AvgIpc) is 3.45. The van der Waals surface area contributed by atoms with Crippen LogP contribution >= 0.6 is 45.2 Å². The lowest BCUT2D eigenvalue weighted by atomic mass is 10.1. The van der Waals surface area contributed by atoms with Crippen LogP contribution < -0.4 is 0 Å². The first-order valence-corrected chi connectivity index (χ1v) is 17.2. The predicted octanol–water partition coefficient (Wildman–Crippen LogP) is 11.7. The van der Waals surface area contributed by atoms with Gasteiger partial charge in [0.1, 0.15) is 0 Å². The molecule has 206 valence electrons. The van der Waals surface area contributed by atoms with E-state index in [0.29, 0.717) is 0 Å². The van der Waals surface area contributed by atoms with Gasteiger partial charge in [-0.05, 0) is 107 Å². The molecule has 0 unspecified atom stereocenters. The second kappa shape index (κ2) is 13.3. The lowest BCUT2D eigenvalue weighted by molar-refractivity contribution is 0.529. The molecule has 4 aromatic carbocycles. The maximum absolute atomic E-state index is 2.54. The summed E-state index contributed by atoms with van der Waals surface area (Å²) < 4.78 is 7.71. The molecule has 0 spiro atoms. The van der Waals surface area contributed by atoms with Gasteiger partial charge in [0.25, 0.3) is 0 Å². The predicted molar refractivity (Wildman–Crippen MR) is 190 cm³/mol. The summed E-state index contributed by atoms with van der Waals surface area (Å²) in [6.07, 6.45) is 13.5. The molecular formula is C36H38I2N2. The summed E-state index contributed by atoms with van der Waals surface area (Å²) >= 11 is 4.85. The number of hydrogen-bond acceptors (Lipinski definition) is 0. The highest BCUT2D eigenvalue weighted by Crippen LogP contribution is 2.32. The fourth-order valence-corrected chi connectivity index (χ4v) is 7.47. The van der Waals surface area contributed by atoms with E-state index in [1.807, 2.05) is 0 Å². The third-order valence-corrected chi connectivity index (χ3v) is 9.82. The smallest absolute Gasteiger partial charge is 0.0492 e. The fraction of sp³-hybridized carbons (Fsp3) is 0.333. The van der Waals surface area contributed by atoms with Gasteiger partial charge in [0.05, 0.1) is 0 Å². The van der Waals surface area contributed by atoms with Crippen LogP contribution in [0.25, 0.3) is 43.6 Å². The van der Waals surface area contributed by atoms with Crippen LogP contribution in [-0.2, 0) is 13.1 Å². The topological polar surface area (TPSA) is 9.86 Å². The van der Waals surface area contributed by atoms with Gasteiger partial charge in [-0.15, -0.1) is 0 Å². The van der Waals surface area contributed by atoms with Crippen molar-refractivity contribution in [1.82, 2.24) is 9.13 Å². The van der Waals surface area contributed by atoms with Gasteiger partial charge in [0, 0.05) is 63.8 Å². The summed E-state index contributed by atoms with van der Waals surface area (Å²) in [6, 6.07) is 31.5. The number of halogens is 2. The van der Waals surface area contributed by atoms with E-state index >= 15 is 0 Å². The molecule has 2 nitrogen and oxygen atoms in total. The molecule has 0 aliphatic heterocycles. The summed E-state index contributed by atoms with van der Waals surface area (Å²) in [6.45, 7) is 2.24. The highest BCUT2D eigenvalue weighted by atomic mass is 127. The molecule has 0 aliphatic rings. The van der Waals surface area contributed by atoms with Gasteiger partial charge in [0.15, 0.2) is 0 Å². The Bertz CT molecular complexity index is 1610. The van der Waals surface area contributed by atoms with Crippen LogP contribution in [-0.4, -0.2) is 9.13 Å². The Morgan fingerprint density at radius 1 is 0.375 bits per heavy atom. The van der Waals surface area contributed by atoms with Crippen molar-refractivity contribution in [3.05, 3.63) is 92.1 Å². The Balaban J connectivity index is 0.890. The van der Waals surface area contributed by atoms with Crippen LogP contribution in [0.2, 0.25) is 0 Å². The number of hydrogen-bond donors (Lipinski definition) is 0. The minimum atomic E-state index is 1.12. The van der Waals surface area contributed by atoms with Crippen molar-refractivity contribution in [2.24, 2.45) is 0 Å². The first-order chi connectivity index (χ1) is 19.7. The molecule has 2 aromatic heterocycles. The van der Waals surface area contributed by atoms with E-state index < -0.39 is 0 Å². The summed E-state index contributed by atoms with van der Waals surface area (Å²) in [5, 5.41) is 5.57. The van der Waals surface area contributed by atoms with Gasteiger partial charge in [0.2, 0.25) is 0 Å². The molecule has 0 radical (unpaired) electrons. The van der Waals surface area contributed by atoms with Gasteiger partial charge in [-0.25, -0.2) is 0 Å². The zero-order chi connectivity index (χ0) is 27.3. The van der Waals surface area contributed by atoms with Gasteiger partial charge < -0.3 is 9.13 Å². The molecule has 0 aliphatic carbocycles. The first-order valence-electron chi connectivity index (χ1n) is 15.0. The van der Waals surface area contributed by atoms with E-state index in [1.54, 1.807) is 0 Å². The quantitative estimate of drug-likeness (QED) is 0.0821. The highest BCUT2D eigenvalue weighted by molar-refractivity contribution is 14.1. The molecule has 6 rings (SSSR count). The molecule has 0 N–H and O–H groups in total. The van der Waals surface area contributed by atoms with E-state index in [9.17, 15) is 0 Å². The lowest BCUT2D eigenvalue weighted by Crippen LogP contribution is -1.98. The number of para-hydroxylation sites is 2. The van der Waals surface area contributed by atoms with Gasteiger partial charge in [-0.2, -0.15) is 0 Å². The van der Waals surface area contributed by atoms with Crippen LogP contribution in [0.3, 0.4) is 0 Å². The Morgan fingerprint density at radius 3 is 1.15 bits per heavy atom. The number of benzene rings is 4. The Labute approximate surface area is 265 Å². The zero-order valence-electron chi connectivity index (χ0n) is 23.2. The minimum absolute atomic E-state index is 1.12. The van der Waals surface area contributed by atoms with E-state index in [1.165, 1.54) is 115 Å². The van der Waals surface area contributed by atoms with Crippen LogP contribution in [0.1, 0.15) is 64.2 Å². The summed E-state index contributed by atoms with van der Waals surface area (Å²) in [5.74, 6) is 0. The van der Waals surface area contributed by atoms with E-state index in [0.717, 1.165) is 13.1 Å². The Hall–Kier alpha value is -2.06. The van der Waals surface area contributed by atoms with Crippen molar-refractivity contribution in [2.45, 2.75) is 77.3 Å². The maximum Gasteiger partial charge on any atom is 0.0492 e. The maximum atomic E-state index is 2.54. The third kappa shape index (κ3) is 6.08. The minimum Gasteiger partial charge on any atom is -0.340 e. The number of nitrogens with zero attached hydrogens (tertiary/aromatic N) is 2. The Morgan fingerprint density at radius 2 is 0.725 bits per heavy atom. The van der Waals surface area contributed by atoms with Crippen molar-refractivity contribution >= 4 is 88.8 Å². The standard InChI is InChI=1S/C36H38I2N2/c37-27-19-21-35-31(25-27)29-15-9-11-17-33(29)39(35)23-13-7-5-3-1-2-4-6-8-14-24-40-34-18-12-10-16-30(34)32-26-28(38)20-22-36(32)40/h9-12,15-22,25-26H,1-8,13-14,23-24H2. The zero-order valence-corrected chi connectivity index (χ0v) is 27.5. The SMILES string of the molecule is Ic1ccc2c(c1)c1ccccc1n2CCCCCCCCCCCCn1c2ccccc2c2cc(I)ccc21. The second-order valence-electron chi connectivity index (χ2n) is 11.2. The van der Waals surface area contributed by atoms with Crippen molar-refractivity contribution in [3.8, 4) is 0 Å². The number of aryl methyl sites for hydroxylation is 2. The molecule has 0 saturated heterocycles. The van der Waals surface area contributed by atoms with E-state index in [-0.39, 0.29) is 0 Å². The van der Waals surface area contributed by atoms with Crippen molar-refractivity contribution in [2.75, 3.05) is 0 Å². The summed E-state index contributed by atoms with van der Waals surface area (Å²) in [7, 11) is 0. The van der Waals surface area contributed by atoms with Gasteiger partial charge in [-0.3, -0.25) is 0 Å². The van der Waals surface area contributed by atoms with Gasteiger partial charge >= 0.3 is 0 Å².